The second kappa shape index (κ2) is 6.53. The summed E-state index contributed by atoms with van der Waals surface area (Å²) in [7, 11) is -3.03. The van der Waals surface area contributed by atoms with Gasteiger partial charge in [-0.2, -0.15) is 5.10 Å². The van der Waals surface area contributed by atoms with Crippen molar-refractivity contribution in [3.8, 4) is 0 Å². The molecule has 0 radical (unpaired) electrons. The first-order chi connectivity index (χ1) is 11.7. The number of aryl methyl sites for hydroxylation is 2. The highest BCUT2D eigenvalue weighted by molar-refractivity contribution is 7.91. The molecule has 0 saturated carbocycles. The van der Waals surface area contributed by atoms with Crippen molar-refractivity contribution in [2.45, 2.75) is 46.1 Å². The van der Waals surface area contributed by atoms with E-state index in [4.69, 9.17) is 0 Å². The van der Waals surface area contributed by atoms with Gasteiger partial charge in [0, 0.05) is 10.9 Å². The van der Waals surface area contributed by atoms with E-state index in [1.54, 1.807) is 10.7 Å². The van der Waals surface area contributed by atoms with E-state index in [9.17, 15) is 13.2 Å². The van der Waals surface area contributed by atoms with Crippen molar-refractivity contribution in [2.75, 3.05) is 16.8 Å². The predicted molar refractivity (Wildman–Crippen MR) is 98.2 cm³/mol. The molecular formula is C16H22N4O3S2. The molecule has 1 unspecified atom stereocenters. The predicted octanol–water partition coefficient (Wildman–Crippen LogP) is 2.69. The largest absolute Gasteiger partial charge is 0.305 e. The van der Waals surface area contributed by atoms with Crippen molar-refractivity contribution in [1.82, 2.24) is 14.8 Å². The minimum Gasteiger partial charge on any atom is -0.305 e. The number of nitrogens with zero attached hydrogens (tertiary/aromatic N) is 3. The minimum absolute atomic E-state index is 0.0596. The van der Waals surface area contributed by atoms with E-state index < -0.39 is 9.84 Å². The van der Waals surface area contributed by atoms with Gasteiger partial charge in [0.25, 0.3) is 5.91 Å². The Hall–Kier alpha value is -1.74. The highest BCUT2D eigenvalue weighted by Crippen LogP contribution is 2.29. The summed E-state index contributed by atoms with van der Waals surface area (Å²) < 4.78 is 25.2. The van der Waals surface area contributed by atoms with Gasteiger partial charge in [-0.1, -0.05) is 13.8 Å². The van der Waals surface area contributed by atoms with Crippen molar-refractivity contribution < 1.29 is 13.2 Å². The quantitative estimate of drug-likeness (QED) is 0.877. The maximum Gasteiger partial charge on any atom is 0.276 e. The van der Waals surface area contributed by atoms with Gasteiger partial charge in [0.05, 0.1) is 28.2 Å². The van der Waals surface area contributed by atoms with Crippen molar-refractivity contribution >= 4 is 32.9 Å². The average Bonchev–Trinajstić information content (AvgIpc) is 3.16. The van der Waals surface area contributed by atoms with Gasteiger partial charge >= 0.3 is 0 Å². The third-order valence-electron chi connectivity index (χ3n) is 4.15. The Morgan fingerprint density at radius 1 is 1.40 bits per heavy atom. The zero-order valence-electron chi connectivity index (χ0n) is 14.7. The number of sulfone groups is 1. The molecule has 7 nitrogen and oxygen atoms in total. The van der Waals surface area contributed by atoms with E-state index in [0.29, 0.717) is 17.9 Å². The molecule has 1 atom stereocenters. The summed E-state index contributed by atoms with van der Waals surface area (Å²) in [4.78, 5) is 18.0. The average molecular weight is 383 g/mol. The number of aromatic nitrogens is 3. The van der Waals surface area contributed by atoms with Crippen LogP contribution in [0.4, 0.5) is 5.82 Å². The standard InChI is InChI=1S/C16H22N4O3S2/c1-9(2)15-14(17-11(4)24-15)16(21)18-13-7-10(3)19-20(13)12-5-6-25(22,23)8-12/h7,9,12H,5-6,8H2,1-4H3,(H,18,21). The molecule has 9 heteroatoms. The van der Waals surface area contributed by atoms with E-state index in [-0.39, 0.29) is 29.4 Å². The molecule has 25 heavy (non-hydrogen) atoms. The Labute approximate surface area is 151 Å². The van der Waals surface area contributed by atoms with Crippen molar-refractivity contribution in [3.63, 3.8) is 0 Å². The summed E-state index contributed by atoms with van der Waals surface area (Å²) in [5.74, 6) is 0.662. The van der Waals surface area contributed by atoms with Crippen LogP contribution in [-0.4, -0.2) is 40.6 Å². The van der Waals surface area contributed by atoms with Gasteiger partial charge in [-0.3, -0.25) is 4.79 Å². The van der Waals surface area contributed by atoms with Crippen molar-refractivity contribution in [3.05, 3.63) is 27.3 Å². The zero-order chi connectivity index (χ0) is 18.4. The number of carbonyl (C=O) groups excluding carboxylic acids is 1. The maximum absolute atomic E-state index is 12.7. The summed E-state index contributed by atoms with van der Waals surface area (Å²) in [6.07, 6.45) is 0.513. The molecule has 136 valence electrons. The normalized spacial score (nSPS) is 19.5. The summed E-state index contributed by atoms with van der Waals surface area (Å²) >= 11 is 1.52. The molecule has 3 heterocycles. The SMILES string of the molecule is Cc1cc(NC(=O)c2nc(C)sc2C(C)C)n(C2CCS(=O)(=O)C2)n1. The Morgan fingerprint density at radius 3 is 2.72 bits per heavy atom. The van der Waals surface area contributed by atoms with Crippen LogP contribution >= 0.6 is 11.3 Å². The van der Waals surface area contributed by atoms with Crippen LogP contribution in [0.1, 0.15) is 58.3 Å². The Kier molecular flexibility index (Phi) is 4.72. The molecule has 0 spiro atoms. The van der Waals surface area contributed by atoms with Crippen LogP contribution in [0.3, 0.4) is 0 Å². The molecule has 1 aliphatic rings. The zero-order valence-corrected chi connectivity index (χ0v) is 16.4. The monoisotopic (exact) mass is 382 g/mol. The molecule has 2 aromatic heterocycles. The van der Waals surface area contributed by atoms with Gasteiger partial charge < -0.3 is 5.32 Å². The molecule has 3 rings (SSSR count). The molecule has 1 aliphatic heterocycles. The number of nitrogens with one attached hydrogen (secondary N) is 1. The van der Waals surface area contributed by atoms with Gasteiger partial charge in [-0.25, -0.2) is 18.1 Å². The van der Waals surface area contributed by atoms with Crippen LogP contribution in [0.2, 0.25) is 0 Å². The molecule has 0 aromatic carbocycles. The van der Waals surface area contributed by atoms with E-state index in [2.05, 4.69) is 15.4 Å². The minimum atomic E-state index is -3.03. The number of anilines is 1. The fourth-order valence-electron chi connectivity index (χ4n) is 3.03. The van der Waals surface area contributed by atoms with Gasteiger partial charge in [-0.15, -0.1) is 11.3 Å². The van der Waals surface area contributed by atoms with Crippen LogP contribution in [0.25, 0.3) is 0 Å². The van der Waals surface area contributed by atoms with Crippen LogP contribution in [-0.2, 0) is 9.84 Å². The lowest BCUT2D eigenvalue weighted by Gasteiger charge is -2.14. The molecular weight excluding hydrogens is 360 g/mol. The third-order valence-corrected chi connectivity index (χ3v) is 7.18. The van der Waals surface area contributed by atoms with E-state index in [1.165, 1.54) is 11.3 Å². The highest BCUT2D eigenvalue weighted by atomic mass is 32.2. The van der Waals surface area contributed by atoms with Crippen LogP contribution < -0.4 is 5.32 Å². The Balaban J connectivity index is 1.88. The lowest BCUT2D eigenvalue weighted by Crippen LogP contribution is -2.20. The summed E-state index contributed by atoms with van der Waals surface area (Å²) in [5.41, 5.74) is 1.17. The molecule has 2 aromatic rings. The fourth-order valence-corrected chi connectivity index (χ4v) is 5.65. The Bertz CT molecular complexity index is 912. The van der Waals surface area contributed by atoms with Crippen LogP contribution in [0.5, 0.6) is 0 Å². The number of hydrogen-bond acceptors (Lipinski definition) is 6. The first-order valence-electron chi connectivity index (χ1n) is 8.21. The lowest BCUT2D eigenvalue weighted by molar-refractivity contribution is 0.102. The fraction of sp³-hybridized carbons (Fsp3) is 0.562. The molecule has 1 amide bonds. The number of hydrogen-bond donors (Lipinski definition) is 1. The number of amides is 1. The summed E-state index contributed by atoms with van der Waals surface area (Å²) in [6.45, 7) is 7.76. The third kappa shape index (κ3) is 3.77. The maximum atomic E-state index is 12.7. The van der Waals surface area contributed by atoms with Gasteiger partial charge in [0.15, 0.2) is 9.84 Å². The van der Waals surface area contributed by atoms with Gasteiger partial charge in [0.2, 0.25) is 0 Å². The summed E-state index contributed by atoms with van der Waals surface area (Å²) in [6, 6.07) is 1.52. The number of carbonyl (C=O) groups is 1. The van der Waals surface area contributed by atoms with E-state index in [1.807, 2.05) is 27.7 Å². The van der Waals surface area contributed by atoms with Crippen LogP contribution in [0, 0.1) is 13.8 Å². The van der Waals surface area contributed by atoms with Crippen LogP contribution in [0.15, 0.2) is 6.07 Å². The Morgan fingerprint density at radius 2 is 2.12 bits per heavy atom. The topological polar surface area (TPSA) is 94.0 Å². The van der Waals surface area contributed by atoms with E-state index >= 15 is 0 Å². The molecule has 1 N–H and O–H groups in total. The molecule has 0 aliphatic carbocycles. The summed E-state index contributed by atoms with van der Waals surface area (Å²) in [5, 5.41) is 8.11. The number of thiazole rings is 1. The van der Waals surface area contributed by atoms with Gasteiger partial charge in [0.1, 0.15) is 11.5 Å². The highest BCUT2D eigenvalue weighted by Gasteiger charge is 2.31. The van der Waals surface area contributed by atoms with Gasteiger partial charge in [-0.05, 0) is 26.2 Å². The molecule has 0 bridgehead atoms. The lowest BCUT2D eigenvalue weighted by atomic mass is 10.1. The van der Waals surface area contributed by atoms with Crippen molar-refractivity contribution in [2.24, 2.45) is 0 Å². The van der Waals surface area contributed by atoms with Crippen molar-refractivity contribution in [1.29, 1.82) is 0 Å². The first kappa shape index (κ1) is 18.1. The van der Waals surface area contributed by atoms with E-state index in [0.717, 1.165) is 15.6 Å². The number of rotatable bonds is 4. The first-order valence-corrected chi connectivity index (χ1v) is 10.9. The smallest absolute Gasteiger partial charge is 0.276 e. The second-order valence-corrected chi connectivity index (χ2v) is 10.2. The molecule has 1 saturated heterocycles. The molecule has 1 fully saturated rings. The second-order valence-electron chi connectivity index (χ2n) is 6.73.